The number of nitrogens with zero attached hydrogens (tertiary/aromatic N) is 4. The van der Waals surface area contributed by atoms with Crippen molar-refractivity contribution in [2.45, 2.75) is 12.3 Å². The molecule has 0 radical (unpaired) electrons. The Hall–Kier alpha value is -7.43. The highest BCUT2D eigenvalue weighted by atomic mass is 15.0. The van der Waals surface area contributed by atoms with Crippen molar-refractivity contribution >= 4 is 21.8 Å². The average Bonchev–Trinajstić information content (AvgIpc) is 3.77. The van der Waals surface area contributed by atoms with Crippen LogP contribution in [0.5, 0.6) is 0 Å². The van der Waals surface area contributed by atoms with Gasteiger partial charge in [-0.05, 0) is 64.1 Å². The molecule has 0 saturated carbocycles. The highest BCUT2D eigenvalue weighted by Crippen LogP contribution is 2.55. The second-order valence-electron chi connectivity index (χ2n) is 14.9. The Morgan fingerprint density at radius 1 is 0.386 bits per heavy atom. The summed E-state index contributed by atoms with van der Waals surface area (Å²) in [6.07, 6.45) is 0. The minimum Gasteiger partial charge on any atom is -0.309 e. The normalized spacial score (nSPS) is 14.5. The summed E-state index contributed by atoms with van der Waals surface area (Å²) in [5.74, 6) is 1.96. The molecule has 2 heterocycles. The molecule has 8 aromatic carbocycles. The Morgan fingerprint density at radius 3 is 1.51 bits per heavy atom. The van der Waals surface area contributed by atoms with Crippen LogP contribution in [0.25, 0.3) is 83.9 Å². The van der Waals surface area contributed by atoms with Crippen LogP contribution in [0.2, 0.25) is 0 Å². The van der Waals surface area contributed by atoms with Crippen LogP contribution in [0.15, 0.2) is 200 Å². The van der Waals surface area contributed by atoms with Crippen LogP contribution >= 0.6 is 0 Å². The van der Waals surface area contributed by atoms with E-state index in [4.69, 9.17) is 15.0 Å². The zero-order valence-corrected chi connectivity index (χ0v) is 31.3. The monoisotopic (exact) mass is 728 g/mol. The fourth-order valence-electron chi connectivity index (χ4n) is 8.97. The van der Waals surface area contributed by atoms with Gasteiger partial charge in [0.2, 0.25) is 0 Å². The molecule has 4 heteroatoms. The third-order valence-electron chi connectivity index (χ3n) is 11.7. The number of aromatic nitrogens is 4. The van der Waals surface area contributed by atoms with E-state index >= 15 is 0 Å². The molecular weight excluding hydrogens is 693 g/mol. The number of fused-ring (bicyclic) bond motifs is 7. The van der Waals surface area contributed by atoms with Crippen molar-refractivity contribution in [2.75, 3.05) is 0 Å². The largest absolute Gasteiger partial charge is 0.309 e. The lowest BCUT2D eigenvalue weighted by Gasteiger charge is -2.29. The lowest BCUT2D eigenvalue weighted by molar-refractivity contribution is 0.717. The lowest BCUT2D eigenvalue weighted by atomic mass is 9.73. The number of hydrogen-bond donors (Lipinski definition) is 0. The molecule has 10 aromatic rings. The molecule has 57 heavy (non-hydrogen) atoms. The van der Waals surface area contributed by atoms with Crippen molar-refractivity contribution in [1.29, 1.82) is 0 Å². The fourth-order valence-corrected chi connectivity index (χ4v) is 8.97. The first-order valence-electron chi connectivity index (χ1n) is 19.5. The Bertz CT molecular complexity index is 3040. The van der Waals surface area contributed by atoms with Gasteiger partial charge in [-0.3, -0.25) is 0 Å². The van der Waals surface area contributed by atoms with Gasteiger partial charge < -0.3 is 4.57 Å². The minimum atomic E-state index is -0.331. The van der Waals surface area contributed by atoms with E-state index < -0.39 is 0 Å². The number of rotatable bonds is 6. The second-order valence-corrected chi connectivity index (χ2v) is 14.9. The molecule has 1 aliphatic rings. The van der Waals surface area contributed by atoms with Crippen molar-refractivity contribution in [3.63, 3.8) is 0 Å². The summed E-state index contributed by atoms with van der Waals surface area (Å²) in [7, 11) is 0. The molecule has 0 saturated heterocycles. The van der Waals surface area contributed by atoms with Gasteiger partial charge in [0.1, 0.15) is 0 Å². The topological polar surface area (TPSA) is 43.6 Å². The van der Waals surface area contributed by atoms with E-state index in [9.17, 15) is 0 Å². The third kappa shape index (κ3) is 5.26. The molecule has 0 N–H and O–H groups in total. The standard InChI is InChI=1S/C53H36N4/c1-53(40-19-9-4-10-20-40)46-23-13-11-21-42(46)44-33-34-45-43-22-12-14-24-47(43)57(49(45)48(44)53)41-31-29-36(30-32-41)35-25-27-39(28-26-35)52-55-50(37-15-5-2-6-16-37)54-51(56-52)38-17-7-3-8-18-38/h2-34H,1H3. The summed E-state index contributed by atoms with van der Waals surface area (Å²) >= 11 is 0. The zero-order valence-electron chi connectivity index (χ0n) is 31.3. The predicted octanol–water partition coefficient (Wildman–Crippen LogP) is 13.0. The van der Waals surface area contributed by atoms with E-state index in [1.807, 2.05) is 60.7 Å². The molecule has 1 unspecified atom stereocenters. The maximum Gasteiger partial charge on any atom is 0.164 e. The molecule has 4 nitrogen and oxygen atoms in total. The van der Waals surface area contributed by atoms with E-state index in [1.54, 1.807) is 0 Å². The van der Waals surface area contributed by atoms with Gasteiger partial charge in [-0.15, -0.1) is 0 Å². The van der Waals surface area contributed by atoms with Crippen molar-refractivity contribution in [3.8, 4) is 62.1 Å². The number of para-hydroxylation sites is 1. The molecule has 0 amide bonds. The minimum absolute atomic E-state index is 0.331. The van der Waals surface area contributed by atoms with Gasteiger partial charge in [-0.25, -0.2) is 15.0 Å². The molecule has 268 valence electrons. The Labute approximate surface area is 331 Å². The Morgan fingerprint density at radius 2 is 0.877 bits per heavy atom. The first kappa shape index (κ1) is 33.0. The quantitative estimate of drug-likeness (QED) is 0.171. The van der Waals surface area contributed by atoms with E-state index in [0.717, 1.165) is 33.5 Å². The fraction of sp³-hybridized carbons (Fsp3) is 0.0377. The van der Waals surface area contributed by atoms with E-state index in [1.165, 1.54) is 49.6 Å². The maximum absolute atomic E-state index is 4.93. The molecule has 0 bridgehead atoms. The van der Waals surface area contributed by atoms with Crippen molar-refractivity contribution in [1.82, 2.24) is 19.5 Å². The molecule has 0 spiro atoms. The van der Waals surface area contributed by atoms with Crippen LogP contribution in [0, 0.1) is 0 Å². The zero-order chi connectivity index (χ0) is 37.9. The van der Waals surface area contributed by atoms with Crippen LogP contribution in [0.4, 0.5) is 0 Å². The molecule has 1 aliphatic carbocycles. The van der Waals surface area contributed by atoms with Gasteiger partial charge in [0.25, 0.3) is 0 Å². The highest BCUT2D eigenvalue weighted by Gasteiger charge is 2.43. The predicted molar refractivity (Wildman–Crippen MR) is 233 cm³/mol. The van der Waals surface area contributed by atoms with Crippen LogP contribution in [-0.2, 0) is 5.41 Å². The molecule has 0 aliphatic heterocycles. The van der Waals surface area contributed by atoms with Gasteiger partial charge in [0, 0.05) is 38.6 Å². The van der Waals surface area contributed by atoms with Crippen LogP contribution < -0.4 is 0 Å². The van der Waals surface area contributed by atoms with Gasteiger partial charge in [-0.2, -0.15) is 0 Å². The molecule has 11 rings (SSSR count). The second kappa shape index (κ2) is 13.1. The average molecular weight is 729 g/mol. The molecule has 1 atom stereocenters. The van der Waals surface area contributed by atoms with Gasteiger partial charge in [-0.1, -0.05) is 182 Å². The van der Waals surface area contributed by atoms with Gasteiger partial charge in [0.05, 0.1) is 11.0 Å². The van der Waals surface area contributed by atoms with Crippen molar-refractivity contribution in [2.24, 2.45) is 0 Å². The van der Waals surface area contributed by atoms with Crippen molar-refractivity contribution < 1.29 is 0 Å². The smallest absolute Gasteiger partial charge is 0.164 e. The molecular formula is C53H36N4. The maximum atomic E-state index is 4.93. The summed E-state index contributed by atoms with van der Waals surface area (Å²) in [4.78, 5) is 14.7. The van der Waals surface area contributed by atoms with Gasteiger partial charge >= 0.3 is 0 Å². The Kier molecular flexibility index (Phi) is 7.58. The summed E-state index contributed by atoms with van der Waals surface area (Å²) in [5.41, 5.74) is 15.0. The van der Waals surface area contributed by atoms with Crippen molar-refractivity contribution in [3.05, 3.63) is 217 Å². The molecule has 2 aromatic heterocycles. The Balaban J connectivity index is 1.01. The summed E-state index contributed by atoms with van der Waals surface area (Å²) in [6, 6.07) is 71.2. The number of hydrogen-bond acceptors (Lipinski definition) is 3. The van der Waals surface area contributed by atoms with Crippen LogP contribution in [0.3, 0.4) is 0 Å². The van der Waals surface area contributed by atoms with Crippen LogP contribution in [-0.4, -0.2) is 19.5 Å². The highest BCUT2D eigenvalue weighted by molar-refractivity contribution is 6.13. The lowest BCUT2D eigenvalue weighted by Crippen LogP contribution is -2.23. The van der Waals surface area contributed by atoms with Crippen LogP contribution in [0.1, 0.15) is 23.6 Å². The SMILES string of the molecule is CC1(c2ccccc2)c2ccccc2-c2ccc3c4ccccc4n(-c4ccc(-c5ccc(-c6nc(-c7ccccc7)nc(-c7ccccc7)n6)cc5)cc4)c3c21. The third-order valence-corrected chi connectivity index (χ3v) is 11.7. The van der Waals surface area contributed by atoms with E-state index in [-0.39, 0.29) is 5.41 Å². The first-order chi connectivity index (χ1) is 28.1. The number of benzene rings is 8. The summed E-state index contributed by atoms with van der Waals surface area (Å²) in [5, 5.41) is 2.52. The van der Waals surface area contributed by atoms with Gasteiger partial charge in [0.15, 0.2) is 17.5 Å². The summed E-state index contributed by atoms with van der Waals surface area (Å²) in [6.45, 7) is 2.41. The molecule has 0 fully saturated rings. The first-order valence-corrected chi connectivity index (χ1v) is 19.5. The van der Waals surface area contributed by atoms with E-state index in [0.29, 0.717) is 17.5 Å². The van der Waals surface area contributed by atoms with E-state index in [2.05, 4.69) is 151 Å². The summed E-state index contributed by atoms with van der Waals surface area (Å²) < 4.78 is 2.48.